The summed E-state index contributed by atoms with van der Waals surface area (Å²) in [7, 11) is 4.03. The van der Waals surface area contributed by atoms with Crippen LogP contribution in [-0.4, -0.2) is 52.3 Å². The number of aromatic nitrogens is 4. The van der Waals surface area contributed by atoms with Gasteiger partial charge in [-0.1, -0.05) is 54.6 Å². The fourth-order valence-corrected chi connectivity index (χ4v) is 5.87. The highest BCUT2D eigenvalue weighted by Gasteiger charge is 2.16. The van der Waals surface area contributed by atoms with Gasteiger partial charge in [-0.3, -0.25) is 10.1 Å². The first-order valence-electron chi connectivity index (χ1n) is 15.5. The topological polar surface area (TPSA) is 84.7 Å². The fraction of sp³-hybridized carbons (Fsp3) is 0.158. The lowest BCUT2D eigenvalue weighted by Gasteiger charge is -2.12. The largest absolute Gasteiger partial charge is 0.384 e. The monoisotopic (exact) mass is 609 g/mol. The third-order valence-electron chi connectivity index (χ3n) is 8.19. The summed E-state index contributed by atoms with van der Waals surface area (Å²) in [5.74, 6) is -0.304. The normalized spacial score (nSPS) is 11.6. The molecule has 3 heterocycles. The van der Waals surface area contributed by atoms with Crippen molar-refractivity contribution >= 4 is 27.5 Å². The lowest BCUT2D eigenvalue weighted by molar-refractivity contribution is 0.425. The van der Waals surface area contributed by atoms with Crippen LogP contribution in [0.2, 0.25) is 0 Å². The van der Waals surface area contributed by atoms with E-state index >= 15 is 0 Å². The van der Waals surface area contributed by atoms with Gasteiger partial charge in [0.25, 0.3) is 0 Å². The summed E-state index contributed by atoms with van der Waals surface area (Å²) >= 11 is 0. The van der Waals surface area contributed by atoms with Crippen LogP contribution in [0.4, 0.5) is 10.1 Å². The molecule has 8 heteroatoms. The molecular formula is C38H36FN7. The third kappa shape index (κ3) is 6.40. The molecule has 3 aromatic heterocycles. The number of halogens is 1. The number of likely N-dealkylation sites (N-methyl/N-ethyl adjacent to an activating group) is 1. The molecule has 0 bridgehead atoms. The molecule has 0 atom stereocenters. The Kier molecular flexibility index (Phi) is 8.29. The highest BCUT2D eigenvalue weighted by Crippen LogP contribution is 2.35. The number of fused-ring (bicyclic) bond motifs is 2. The maximum Gasteiger partial charge on any atom is 0.125 e. The number of benzene rings is 4. The van der Waals surface area contributed by atoms with E-state index in [1.807, 2.05) is 32.3 Å². The highest BCUT2D eigenvalue weighted by atomic mass is 19.1. The maximum absolute atomic E-state index is 14.7. The zero-order valence-electron chi connectivity index (χ0n) is 25.9. The van der Waals surface area contributed by atoms with Crippen molar-refractivity contribution in [3.63, 3.8) is 0 Å². The van der Waals surface area contributed by atoms with Crippen LogP contribution >= 0.6 is 0 Å². The van der Waals surface area contributed by atoms with Crippen molar-refractivity contribution in [2.45, 2.75) is 13.1 Å². The molecule has 4 N–H and O–H groups in total. The van der Waals surface area contributed by atoms with Gasteiger partial charge in [-0.05, 0) is 84.9 Å². The second-order valence-electron chi connectivity index (χ2n) is 11.9. The summed E-state index contributed by atoms with van der Waals surface area (Å²) in [5, 5.41) is 16.7. The maximum atomic E-state index is 14.7. The van der Waals surface area contributed by atoms with E-state index in [4.69, 9.17) is 5.10 Å². The molecule has 0 saturated heterocycles. The van der Waals surface area contributed by atoms with Crippen molar-refractivity contribution in [2.75, 3.05) is 32.5 Å². The quantitative estimate of drug-likeness (QED) is 0.120. The Morgan fingerprint density at radius 2 is 1.52 bits per heavy atom. The van der Waals surface area contributed by atoms with Crippen molar-refractivity contribution in [1.29, 1.82) is 0 Å². The number of hydrogen-bond acceptors (Lipinski definition) is 5. The van der Waals surface area contributed by atoms with Gasteiger partial charge in [0.1, 0.15) is 11.5 Å². The van der Waals surface area contributed by atoms with Gasteiger partial charge in [0.15, 0.2) is 0 Å². The van der Waals surface area contributed by atoms with E-state index in [0.717, 1.165) is 75.2 Å². The first-order chi connectivity index (χ1) is 22.5. The van der Waals surface area contributed by atoms with Crippen molar-refractivity contribution in [2.24, 2.45) is 0 Å². The van der Waals surface area contributed by atoms with Crippen LogP contribution in [0.25, 0.3) is 55.6 Å². The summed E-state index contributed by atoms with van der Waals surface area (Å²) in [6.07, 6.45) is 1.75. The number of aromatic amines is 2. The number of pyridine rings is 1. The fourth-order valence-electron chi connectivity index (χ4n) is 5.87. The van der Waals surface area contributed by atoms with Gasteiger partial charge in [-0.15, -0.1) is 0 Å². The van der Waals surface area contributed by atoms with E-state index in [9.17, 15) is 4.39 Å². The van der Waals surface area contributed by atoms with Gasteiger partial charge in [0.05, 0.1) is 16.9 Å². The Balaban J connectivity index is 1.17. The van der Waals surface area contributed by atoms with Crippen LogP contribution in [-0.2, 0) is 13.1 Å². The van der Waals surface area contributed by atoms with Gasteiger partial charge < -0.3 is 20.5 Å². The van der Waals surface area contributed by atoms with E-state index in [0.29, 0.717) is 12.2 Å². The van der Waals surface area contributed by atoms with Crippen LogP contribution in [0.15, 0.2) is 109 Å². The minimum atomic E-state index is -0.304. The SMILES string of the molecule is CN(C)CCNc1cc(F)cc(-c2nccc3[nH]c(-c4n[nH]c5ccc(-c6cccc(CNCc7ccccc7)c6)cc45)cc23)c1. The molecule has 0 aliphatic heterocycles. The Bertz CT molecular complexity index is 2110. The number of rotatable bonds is 11. The van der Waals surface area contributed by atoms with E-state index < -0.39 is 0 Å². The molecule has 0 unspecified atom stereocenters. The minimum Gasteiger partial charge on any atom is -0.384 e. The van der Waals surface area contributed by atoms with Crippen LogP contribution in [0.1, 0.15) is 11.1 Å². The summed E-state index contributed by atoms with van der Waals surface area (Å²) in [6, 6.07) is 34.5. The number of anilines is 1. The molecule has 0 fully saturated rings. The predicted octanol–water partition coefficient (Wildman–Crippen LogP) is 7.84. The molecule has 0 amide bonds. The van der Waals surface area contributed by atoms with Crippen molar-refractivity contribution in [3.05, 3.63) is 126 Å². The third-order valence-corrected chi connectivity index (χ3v) is 8.19. The van der Waals surface area contributed by atoms with Crippen LogP contribution in [0, 0.1) is 5.82 Å². The Morgan fingerprint density at radius 1 is 0.717 bits per heavy atom. The van der Waals surface area contributed by atoms with Gasteiger partial charge >= 0.3 is 0 Å². The smallest absolute Gasteiger partial charge is 0.125 e. The van der Waals surface area contributed by atoms with Crippen LogP contribution in [0.5, 0.6) is 0 Å². The zero-order chi connectivity index (χ0) is 31.5. The first-order valence-corrected chi connectivity index (χ1v) is 15.5. The summed E-state index contributed by atoms with van der Waals surface area (Å²) < 4.78 is 14.7. The van der Waals surface area contributed by atoms with E-state index in [1.54, 1.807) is 6.20 Å². The molecule has 4 aromatic carbocycles. The molecular weight excluding hydrogens is 573 g/mol. The van der Waals surface area contributed by atoms with Crippen LogP contribution in [0.3, 0.4) is 0 Å². The van der Waals surface area contributed by atoms with Crippen molar-refractivity contribution in [1.82, 2.24) is 30.4 Å². The number of hydrogen-bond donors (Lipinski definition) is 4. The highest BCUT2D eigenvalue weighted by molar-refractivity contribution is 6.01. The second kappa shape index (κ2) is 13.0. The van der Waals surface area contributed by atoms with Crippen LogP contribution < -0.4 is 10.6 Å². The second-order valence-corrected chi connectivity index (χ2v) is 11.9. The van der Waals surface area contributed by atoms with Gasteiger partial charge in [-0.2, -0.15) is 5.10 Å². The van der Waals surface area contributed by atoms with Gasteiger partial charge in [0.2, 0.25) is 0 Å². The van der Waals surface area contributed by atoms with Gasteiger partial charge in [-0.25, -0.2) is 4.39 Å². The first kappa shape index (κ1) is 29.4. The number of H-pyrrole nitrogens is 2. The Morgan fingerprint density at radius 3 is 2.39 bits per heavy atom. The summed E-state index contributed by atoms with van der Waals surface area (Å²) in [4.78, 5) is 10.3. The Hall–Kier alpha value is -5.31. The molecule has 230 valence electrons. The molecule has 7 rings (SSSR count). The molecule has 0 spiro atoms. The van der Waals surface area contributed by atoms with E-state index in [2.05, 4.69) is 103 Å². The minimum absolute atomic E-state index is 0.304. The summed E-state index contributed by atoms with van der Waals surface area (Å²) in [5.41, 5.74) is 10.5. The molecule has 0 saturated carbocycles. The molecule has 0 aliphatic rings. The summed E-state index contributed by atoms with van der Waals surface area (Å²) in [6.45, 7) is 3.17. The molecule has 7 nitrogen and oxygen atoms in total. The van der Waals surface area contributed by atoms with Crippen molar-refractivity contribution in [3.8, 4) is 33.8 Å². The predicted molar refractivity (Wildman–Crippen MR) is 186 cm³/mol. The van der Waals surface area contributed by atoms with E-state index in [-0.39, 0.29) is 5.82 Å². The molecule has 46 heavy (non-hydrogen) atoms. The molecule has 7 aromatic rings. The number of nitrogens with one attached hydrogen (secondary N) is 4. The van der Waals surface area contributed by atoms with E-state index in [1.165, 1.54) is 23.3 Å². The molecule has 0 aliphatic carbocycles. The van der Waals surface area contributed by atoms with Crippen molar-refractivity contribution < 1.29 is 4.39 Å². The lowest BCUT2D eigenvalue weighted by Crippen LogP contribution is -2.20. The average Bonchev–Trinajstić information content (AvgIpc) is 3.69. The van der Waals surface area contributed by atoms with Gasteiger partial charge in [0, 0.05) is 59.9 Å². The average molecular weight is 610 g/mol. The number of nitrogens with zero attached hydrogens (tertiary/aromatic N) is 3. The lowest BCUT2D eigenvalue weighted by atomic mass is 10.0. The molecule has 0 radical (unpaired) electrons. The standard InChI is InChI=1S/C38H36FN7/c1-46(2)16-15-41-31-19-29(18-30(39)21-31)37-33-22-36(43-34(33)13-14-42-37)38-32-20-28(11-12-35(32)44-45-38)27-10-6-9-26(17-27)24-40-23-25-7-4-3-5-8-25/h3-14,17-22,40-41,43H,15-16,23-24H2,1-2H3,(H,44,45). The zero-order valence-corrected chi connectivity index (χ0v) is 25.9. The Labute approximate surface area is 267 Å².